The van der Waals surface area contributed by atoms with Gasteiger partial charge >= 0.3 is 5.97 Å². The van der Waals surface area contributed by atoms with Crippen molar-refractivity contribution >= 4 is 28.9 Å². The molecule has 26 heavy (non-hydrogen) atoms. The monoisotopic (exact) mass is 353 g/mol. The van der Waals surface area contributed by atoms with E-state index in [1.807, 2.05) is 0 Å². The summed E-state index contributed by atoms with van der Waals surface area (Å²) in [5.41, 5.74) is 1.69. The summed E-state index contributed by atoms with van der Waals surface area (Å²) >= 11 is 0. The normalized spacial score (nSPS) is 10.5. The maximum absolute atomic E-state index is 11.8. The van der Waals surface area contributed by atoms with Gasteiger partial charge in [-0.05, 0) is 38.1 Å². The summed E-state index contributed by atoms with van der Waals surface area (Å²) < 4.78 is 4.85. The Balaban J connectivity index is 2.22. The van der Waals surface area contributed by atoms with E-state index in [2.05, 4.69) is 22.1 Å². The zero-order chi connectivity index (χ0) is 19.1. The van der Waals surface area contributed by atoms with E-state index in [9.17, 15) is 14.7 Å². The molecular weight excluding hydrogens is 334 g/mol. The van der Waals surface area contributed by atoms with Crippen molar-refractivity contribution in [1.82, 2.24) is 0 Å². The summed E-state index contributed by atoms with van der Waals surface area (Å²) in [4.78, 5) is 23.5. The molecule has 0 unspecified atom stereocenters. The lowest BCUT2D eigenvalue weighted by Gasteiger charge is -2.07. The minimum absolute atomic E-state index is 0.0555. The number of ether oxygens (including phenoxy) is 1. The molecule has 0 aliphatic heterocycles. The molecule has 7 heteroatoms. The first-order valence-electron chi connectivity index (χ1n) is 7.90. The number of esters is 1. The Kier molecular flexibility index (Phi) is 6.21. The minimum atomic E-state index is -0.610. The topological polar surface area (TPSA) is 100 Å². The van der Waals surface area contributed by atoms with Gasteiger partial charge in [-0.25, -0.2) is 4.79 Å². The second kappa shape index (κ2) is 8.57. The van der Waals surface area contributed by atoms with Gasteiger partial charge in [-0.2, -0.15) is 5.11 Å². The second-order valence-corrected chi connectivity index (χ2v) is 5.37. The fourth-order valence-corrected chi connectivity index (χ4v) is 1.97. The van der Waals surface area contributed by atoms with Crippen LogP contribution in [0.25, 0.3) is 0 Å². The smallest absolute Gasteiger partial charge is 0.341 e. The van der Waals surface area contributed by atoms with Crippen molar-refractivity contribution < 1.29 is 19.4 Å². The van der Waals surface area contributed by atoms with E-state index in [0.29, 0.717) is 22.6 Å². The van der Waals surface area contributed by atoms with Crippen LogP contribution in [-0.4, -0.2) is 23.6 Å². The summed E-state index contributed by atoms with van der Waals surface area (Å²) in [7, 11) is 0. The molecule has 0 aromatic heterocycles. The summed E-state index contributed by atoms with van der Waals surface area (Å²) in [6.07, 6.45) is 0. The molecule has 0 heterocycles. The van der Waals surface area contributed by atoms with Gasteiger partial charge in [0.05, 0.1) is 18.0 Å². The van der Waals surface area contributed by atoms with E-state index in [0.717, 1.165) is 0 Å². The molecule has 0 aliphatic rings. The number of carbonyl (C=O) groups is 2. The predicted octanol–water partition coefficient (Wildman–Crippen LogP) is 4.50. The van der Waals surface area contributed by atoms with Gasteiger partial charge < -0.3 is 15.2 Å². The Morgan fingerprint density at radius 1 is 1.19 bits per heavy atom. The Labute approximate surface area is 151 Å². The Morgan fingerprint density at radius 3 is 2.58 bits per heavy atom. The third-order valence-electron chi connectivity index (χ3n) is 3.29. The number of nitrogens with zero attached hydrogens (tertiary/aromatic N) is 2. The first kappa shape index (κ1) is 18.9. The van der Waals surface area contributed by atoms with Crippen molar-refractivity contribution in [2.75, 3.05) is 11.9 Å². The SMILES string of the molecule is C=C(C)C(=O)Nc1ccccc1/N=N/c1ccc(C(=O)OCC)c(O)c1. The molecule has 0 spiro atoms. The summed E-state index contributed by atoms with van der Waals surface area (Å²) in [6.45, 7) is 7.09. The number of nitrogens with one attached hydrogen (secondary N) is 1. The van der Waals surface area contributed by atoms with Crippen LogP contribution in [-0.2, 0) is 9.53 Å². The number of azo groups is 1. The maximum Gasteiger partial charge on any atom is 0.341 e. The van der Waals surface area contributed by atoms with E-state index >= 15 is 0 Å². The van der Waals surface area contributed by atoms with Gasteiger partial charge in [0.25, 0.3) is 5.91 Å². The van der Waals surface area contributed by atoms with Crippen molar-refractivity contribution in [2.24, 2.45) is 10.2 Å². The third kappa shape index (κ3) is 4.76. The lowest BCUT2D eigenvalue weighted by molar-refractivity contribution is -0.112. The fraction of sp³-hybridized carbons (Fsp3) is 0.158. The molecule has 2 aromatic rings. The number of rotatable bonds is 6. The molecule has 2 rings (SSSR count). The average Bonchev–Trinajstić information content (AvgIpc) is 2.61. The van der Waals surface area contributed by atoms with Crippen molar-refractivity contribution in [3.63, 3.8) is 0 Å². The summed E-state index contributed by atoms with van der Waals surface area (Å²) in [6, 6.07) is 11.1. The molecule has 2 N–H and O–H groups in total. The first-order valence-corrected chi connectivity index (χ1v) is 7.90. The summed E-state index contributed by atoms with van der Waals surface area (Å²) in [5.74, 6) is -1.17. The van der Waals surface area contributed by atoms with Crippen molar-refractivity contribution in [3.8, 4) is 5.75 Å². The predicted molar refractivity (Wildman–Crippen MR) is 98.1 cm³/mol. The van der Waals surface area contributed by atoms with Gasteiger partial charge in [0.2, 0.25) is 0 Å². The lowest BCUT2D eigenvalue weighted by Crippen LogP contribution is -2.11. The van der Waals surface area contributed by atoms with Crippen LogP contribution in [0.4, 0.5) is 17.1 Å². The van der Waals surface area contributed by atoms with Gasteiger partial charge in [0.15, 0.2) is 0 Å². The minimum Gasteiger partial charge on any atom is -0.507 e. The Bertz CT molecular complexity index is 875. The Morgan fingerprint density at radius 2 is 1.92 bits per heavy atom. The van der Waals surface area contributed by atoms with Crippen LogP contribution >= 0.6 is 0 Å². The number of carbonyl (C=O) groups excluding carboxylic acids is 2. The number of para-hydroxylation sites is 1. The standard InChI is InChI=1S/C19H19N3O4/c1-4-26-19(25)14-10-9-13(11-17(14)23)21-22-16-8-6-5-7-15(16)20-18(24)12(2)3/h5-11,23H,2,4H2,1,3H3,(H,20,24)/b22-21+. The van der Waals surface area contributed by atoms with E-state index in [4.69, 9.17) is 4.74 Å². The summed E-state index contributed by atoms with van der Waals surface area (Å²) in [5, 5.41) is 20.8. The molecule has 0 saturated heterocycles. The molecule has 0 aliphatic carbocycles. The number of aromatic hydroxyl groups is 1. The molecule has 0 atom stereocenters. The highest BCUT2D eigenvalue weighted by molar-refractivity contribution is 6.04. The third-order valence-corrected chi connectivity index (χ3v) is 3.29. The lowest BCUT2D eigenvalue weighted by atomic mass is 10.2. The number of phenolic OH excluding ortho intramolecular Hbond substituents is 1. The van der Waals surface area contributed by atoms with Crippen molar-refractivity contribution in [3.05, 3.63) is 60.2 Å². The molecule has 0 radical (unpaired) electrons. The number of amides is 1. The largest absolute Gasteiger partial charge is 0.507 e. The molecule has 0 fully saturated rings. The van der Waals surface area contributed by atoms with Gasteiger partial charge in [-0.1, -0.05) is 18.7 Å². The van der Waals surface area contributed by atoms with E-state index in [1.54, 1.807) is 38.1 Å². The van der Waals surface area contributed by atoms with Crippen molar-refractivity contribution in [1.29, 1.82) is 0 Å². The van der Waals surface area contributed by atoms with E-state index < -0.39 is 5.97 Å². The maximum atomic E-state index is 11.8. The number of phenols is 1. The van der Waals surface area contributed by atoms with Crippen LogP contribution in [0.3, 0.4) is 0 Å². The quantitative estimate of drug-likeness (QED) is 0.453. The number of anilines is 1. The average molecular weight is 353 g/mol. The van der Waals surface area contributed by atoms with Crippen molar-refractivity contribution in [2.45, 2.75) is 13.8 Å². The molecular formula is C19H19N3O4. The van der Waals surface area contributed by atoms with Crippen LogP contribution in [0.15, 0.2) is 64.8 Å². The highest BCUT2D eigenvalue weighted by Gasteiger charge is 2.12. The molecule has 1 amide bonds. The van der Waals surface area contributed by atoms with Crippen LogP contribution in [0.2, 0.25) is 0 Å². The fourth-order valence-electron chi connectivity index (χ4n) is 1.97. The van der Waals surface area contributed by atoms with Crippen LogP contribution < -0.4 is 5.32 Å². The Hall–Kier alpha value is -3.48. The first-order chi connectivity index (χ1) is 12.4. The van der Waals surface area contributed by atoms with Gasteiger partial charge in [-0.15, -0.1) is 5.11 Å². The number of hydrogen-bond acceptors (Lipinski definition) is 6. The van der Waals surface area contributed by atoms with Gasteiger partial charge in [-0.3, -0.25) is 4.79 Å². The highest BCUT2D eigenvalue weighted by atomic mass is 16.5. The second-order valence-electron chi connectivity index (χ2n) is 5.37. The number of hydrogen-bond donors (Lipinski definition) is 2. The molecule has 2 aromatic carbocycles. The van der Waals surface area contributed by atoms with E-state index in [-0.39, 0.29) is 23.8 Å². The van der Waals surface area contributed by atoms with Crippen LogP contribution in [0, 0.1) is 0 Å². The zero-order valence-corrected chi connectivity index (χ0v) is 14.5. The highest BCUT2D eigenvalue weighted by Crippen LogP contribution is 2.29. The zero-order valence-electron chi connectivity index (χ0n) is 14.5. The van der Waals surface area contributed by atoms with Gasteiger partial charge in [0.1, 0.15) is 17.0 Å². The van der Waals surface area contributed by atoms with Crippen LogP contribution in [0.1, 0.15) is 24.2 Å². The number of benzene rings is 2. The molecule has 7 nitrogen and oxygen atoms in total. The van der Waals surface area contributed by atoms with Crippen LogP contribution in [0.5, 0.6) is 5.75 Å². The molecule has 0 bridgehead atoms. The molecule has 134 valence electrons. The van der Waals surface area contributed by atoms with E-state index in [1.165, 1.54) is 18.2 Å². The molecule has 0 saturated carbocycles. The van der Waals surface area contributed by atoms with Gasteiger partial charge in [0, 0.05) is 11.6 Å².